The second-order valence-electron chi connectivity index (χ2n) is 2.66. The lowest BCUT2D eigenvalue weighted by Gasteiger charge is -2.13. The van der Waals surface area contributed by atoms with E-state index in [0.29, 0.717) is 0 Å². The molecule has 0 unspecified atom stereocenters. The Morgan fingerprint density at radius 3 is 2.33 bits per heavy atom. The lowest BCUT2D eigenvalue weighted by atomic mass is 10.1. The molecule has 0 aromatic heterocycles. The summed E-state index contributed by atoms with van der Waals surface area (Å²) in [4.78, 5) is 0. The number of hydrogen-bond donors (Lipinski definition) is 2. The van der Waals surface area contributed by atoms with E-state index in [1.54, 1.807) is 0 Å². The van der Waals surface area contributed by atoms with Crippen LogP contribution in [0.4, 0.5) is 13.2 Å². The minimum atomic E-state index is -2.85. The highest BCUT2D eigenvalue weighted by molar-refractivity contribution is 9.10. The predicted molar refractivity (Wildman–Crippen MR) is 55.9 cm³/mol. The van der Waals surface area contributed by atoms with Crippen LogP contribution >= 0.6 is 28.3 Å². The Balaban J connectivity index is 0.00000196. The monoisotopic (exact) mass is 305 g/mol. The van der Waals surface area contributed by atoms with Gasteiger partial charge in [-0.3, -0.25) is 0 Å². The molecule has 0 aliphatic heterocycles. The average Bonchev–Trinajstić information content (AvgIpc) is 2.13. The van der Waals surface area contributed by atoms with E-state index in [-0.39, 0.29) is 22.4 Å². The van der Waals surface area contributed by atoms with Gasteiger partial charge in [-0.2, -0.15) is 0 Å². The molecule has 1 aromatic carbocycles. The Kier molecular flexibility index (Phi) is 5.41. The Hall–Kier alpha value is -0.460. The maximum absolute atomic E-state index is 13.0. The molecule has 1 atom stereocenters. The van der Waals surface area contributed by atoms with Gasteiger partial charge >= 0.3 is 0 Å². The third-order valence-corrected chi connectivity index (χ3v) is 2.34. The van der Waals surface area contributed by atoms with E-state index in [1.165, 1.54) is 6.07 Å². The van der Waals surface area contributed by atoms with E-state index in [0.717, 1.165) is 6.07 Å². The molecule has 15 heavy (non-hydrogen) atoms. The molecule has 1 rings (SSSR count). The van der Waals surface area contributed by atoms with Crippen LogP contribution in [0.3, 0.4) is 0 Å². The van der Waals surface area contributed by atoms with E-state index in [9.17, 15) is 18.3 Å². The summed E-state index contributed by atoms with van der Waals surface area (Å²) in [6.45, 7) is 0. The Labute approximate surface area is 98.8 Å². The summed E-state index contributed by atoms with van der Waals surface area (Å²) in [5.41, 5.74) is 4.76. The molecule has 0 saturated carbocycles. The van der Waals surface area contributed by atoms with Crippen molar-refractivity contribution in [3.8, 4) is 5.75 Å². The quantitative estimate of drug-likeness (QED) is 0.882. The van der Waals surface area contributed by atoms with Crippen LogP contribution in [0.5, 0.6) is 5.75 Å². The summed E-state index contributed by atoms with van der Waals surface area (Å²) in [5.74, 6) is -1.83. The summed E-state index contributed by atoms with van der Waals surface area (Å²) in [7, 11) is 0. The van der Waals surface area contributed by atoms with Crippen molar-refractivity contribution in [1.82, 2.24) is 0 Å². The smallest absolute Gasteiger partial charge is 0.257 e. The highest BCUT2D eigenvalue weighted by atomic mass is 79.9. The van der Waals surface area contributed by atoms with Gasteiger partial charge in [-0.1, -0.05) is 6.07 Å². The van der Waals surface area contributed by atoms with Gasteiger partial charge in [-0.05, 0) is 22.0 Å². The van der Waals surface area contributed by atoms with E-state index < -0.39 is 24.0 Å². The first-order valence-corrected chi connectivity index (χ1v) is 4.45. The maximum Gasteiger partial charge on any atom is 0.257 e. The predicted octanol–water partition coefficient (Wildman–Crippen LogP) is 2.98. The number of alkyl halides is 2. The molecule has 1 aromatic rings. The second kappa shape index (κ2) is 5.58. The molecule has 0 amide bonds. The molecule has 0 bridgehead atoms. The number of hydrogen-bond acceptors (Lipinski definition) is 2. The fraction of sp³-hybridized carbons (Fsp3) is 0.250. The van der Waals surface area contributed by atoms with Gasteiger partial charge in [0.15, 0.2) is 11.6 Å². The molecule has 0 aliphatic carbocycles. The van der Waals surface area contributed by atoms with E-state index >= 15 is 0 Å². The zero-order valence-electron chi connectivity index (χ0n) is 7.25. The highest BCUT2D eigenvalue weighted by Gasteiger charge is 2.23. The zero-order valence-corrected chi connectivity index (χ0v) is 9.66. The van der Waals surface area contributed by atoms with Gasteiger partial charge in [-0.25, -0.2) is 13.2 Å². The number of rotatable bonds is 2. The molecule has 86 valence electrons. The summed E-state index contributed by atoms with van der Waals surface area (Å²) < 4.78 is 37.3. The standard InChI is InChI=1S/C8H7BrF3NO.ClH/c9-4-2-1-3(6(13)8(11)12)7(14)5(4)10;/h1-2,6,8,14H,13H2;1H/t6-;/m1./s1. The molecule has 0 radical (unpaired) electrons. The van der Waals surface area contributed by atoms with Crippen LogP contribution in [0.1, 0.15) is 11.6 Å². The van der Waals surface area contributed by atoms with Gasteiger partial charge in [-0.15, -0.1) is 12.4 Å². The Morgan fingerprint density at radius 2 is 1.87 bits per heavy atom. The lowest BCUT2D eigenvalue weighted by Crippen LogP contribution is -2.19. The highest BCUT2D eigenvalue weighted by Crippen LogP contribution is 2.32. The topological polar surface area (TPSA) is 46.2 Å². The molecule has 0 fully saturated rings. The molecular weight excluding hydrogens is 298 g/mol. The molecule has 2 nitrogen and oxygen atoms in total. The van der Waals surface area contributed by atoms with Crippen molar-refractivity contribution in [3.05, 3.63) is 28.0 Å². The van der Waals surface area contributed by atoms with Crippen molar-refractivity contribution in [1.29, 1.82) is 0 Å². The van der Waals surface area contributed by atoms with Crippen LogP contribution < -0.4 is 5.73 Å². The number of phenolic OH excluding ortho intramolecular Hbond substituents is 1. The van der Waals surface area contributed by atoms with Gasteiger partial charge in [0.2, 0.25) is 0 Å². The minimum Gasteiger partial charge on any atom is -0.505 e. The summed E-state index contributed by atoms with van der Waals surface area (Å²) in [6, 6.07) is 0.684. The Bertz CT molecular complexity index is 351. The number of aromatic hydroxyl groups is 1. The van der Waals surface area contributed by atoms with E-state index in [1.807, 2.05) is 0 Å². The van der Waals surface area contributed by atoms with Crippen LogP contribution in [0, 0.1) is 5.82 Å². The van der Waals surface area contributed by atoms with Crippen molar-refractivity contribution in [2.75, 3.05) is 0 Å². The van der Waals surface area contributed by atoms with Crippen molar-refractivity contribution < 1.29 is 18.3 Å². The molecule has 0 heterocycles. The summed E-state index contributed by atoms with van der Waals surface area (Å²) in [6.07, 6.45) is -2.85. The van der Waals surface area contributed by atoms with Crippen LogP contribution in [0.15, 0.2) is 16.6 Å². The van der Waals surface area contributed by atoms with Crippen LogP contribution in [-0.4, -0.2) is 11.5 Å². The normalized spacial score (nSPS) is 12.4. The first kappa shape index (κ1) is 14.5. The van der Waals surface area contributed by atoms with Crippen LogP contribution in [0.25, 0.3) is 0 Å². The van der Waals surface area contributed by atoms with Gasteiger partial charge in [0.05, 0.1) is 10.5 Å². The molecular formula is C8H8BrClF3NO. The van der Waals surface area contributed by atoms with Crippen LogP contribution in [-0.2, 0) is 0 Å². The molecule has 0 aliphatic rings. The first-order valence-electron chi connectivity index (χ1n) is 3.65. The van der Waals surface area contributed by atoms with E-state index in [4.69, 9.17) is 5.73 Å². The first-order chi connectivity index (χ1) is 6.45. The molecule has 0 saturated heterocycles. The van der Waals surface area contributed by atoms with Crippen LogP contribution in [0.2, 0.25) is 0 Å². The molecule has 7 heteroatoms. The van der Waals surface area contributed by atoms with E-state index in [2.05, 4.69) is 15.9 Å². The summed E-state index contributed by atoms with van der Waals surface area (Å²) >= 11 is 2.80. The fourth-order valence-corrected chi connectivity index (χ4v) is 1.28. The van der Waals surface area contributed by atoms with Crippen molar-refractivity contribution in [2.24, 2.45) is 5.73 Å². The third-order valence-electron chi connectivity index (χ3n) is 1.73. The molecule has 3 N–H and O–H groups in total. The molecule has 0 spiro atoms. The largest absolute Gasteiger partial charge is 0.505 e. The maximum atomic E-state index is 13.0. The average molecular weight is 307 g/mol. The third kappa shape index (κ3) is 2.99. The number of benzene rings is 1. The minimum absolute atomic E-state index is 0. The van der Waals surface area contributed by atoms with Gasteiger partial charge in [0.1, 0.15) is 0 Å². The van der Waals surface area contributed by atoms with Crippen molar-refractivity contribution in [3.63, 3.8) is 0 Å². The SMILES string of the molecule is Cl.N[C@H](c1ccc(Br)c(F)c1O)C(F)F. The number of nitrogens with two attached hydrogens (primary N) is 1. The lowest BCUT2D eigenvalue weighted by molar-refractivity contribution is 0.115. The van der Waals surface area contributed by atoms with Gasteiger partial charge in [0, 0.05) is 5.56 Å². The number of phenols is 1. The summed E-state index contributed by atoms with van der Waals surface area (Å²) in [5, 5.41) is 9.18. The Morgan fingerprint density at radius 1 is 1.33 bits per heavy atom. The zero-order chi connectivity index (χ0) is 10.9. The number of halogens is 5. The van der Waals surface area contributed by atoms with Gasteiger partial charge in [0.25, 0.3) is 6.43 Å². The van der Waals surface area contributed by atoms with Crippen molar-refractivity contribution in [2.45, 2.75) is 12.5 Å². The second-order valence-corrected chi connectivity index (χ2v) is 3.51. The fourth-order valence-electron chi connectivity index (χ4n) is 0.960. The van der Waals surface area contributed by atoms with Gasteiger partial charge < -0.3 is 10.8 Å². The van der Waals surface area contributed by atoms with Crippen molar-refractivity contribution >= 4 is 28.3 Å².